The van der Waals surface area contributed by atoms with Crippen LogP contribution in [0.15, 0.2) is 0 Å². The summed E-state index contributed by atoms with van der Waals surface area (Å²) in [5.74, 6) is 0.143. The van der Waals surface area contributed by atoms with Crippen LogP contribution in [0.2, 0.25) is 0 Å². The quantitative estimate of drug-likeness (QED) is 0.436. The summed E-state index contributed by atoms with van der Waals surface area (Å²) in [7, 11) is -3.18. The second-order valence-corrected chi connectivity index (χ2v) is 5.04. The van der Waals surface area contributed by atoms with Crippen LogP contribution in [0.1, 0.15) is 12.8 Å². The maximum Gasteiger partial charge on any atom is 0.268 e. The van der Waals surface area contributed by atoms with E-state index < -0.39 is 10.1 Å². The van der Waals surface area contributed by atoms with Gasteiger partial charge < -0.3 is 0 Å². The Morgan fingerprint density at radius 3 is 2.50 bits per heavy atom. The van der Waals surface area contributed by atoms with Crippen LogP contribution in [0.25, 0.3) is 0 Å². The Morgan fingerprint density at radius 1 is 1.50 bits per heavy atom. The lowest BCUT2D eigenvalue weighted by atomic mass is 10.9. The van der Waals surface area contributed by atoms with Gasteiger partial charge >= 0.3 is 0 Å². The fraction of sp³-hybridized carbons (Fsp3) is 1.00. The molecule has 1 fully saturated rings. The van der Waals surface area contributed by atoms with Gasteiger partial charge in [0.2, 0.25) is 0 Å². The highest BCUT2D eigenvalue weighted by atomic mass is 127. The van der Waals surface area contributed by atoms with Gasteiger partial charge in [-0.1, -0.05) is 22.6 Å². The number of rotatable bonds is 4. The first-order valence-electron chi connectivity index (χ1n) is 3.11. The van der Waals surface area contributed by atoms with E-state index in [1.54, 1.807) is 0 Å². The standard InChI is InChI=1S/C5H9IO3S/c6-3-4-10(7,8)9-5-1-2-5/h5H,1-4H2. The van der Waals surface area contributed by atoms with Gasteiger partial charge in [-0.3, -0.25) is 4.18 Å². The van der Waals surface area contributed by atoms with E-state index in [1.807, 2.05) is 22.6 Å². The molecule has 3 nitrogen and oxygen atoms in total. The molecule has 5 heteroatoms. The summed E-state index contributed by atoms with van der Waals surface area (Å²) in [6, 6.07) is 0. The summed E-state index contributed by atoms with van der Waals surface area (Å²) in [6.45, 7) is 0. The molecule has 0 amide bonds. The molecule has 1 aliphatic carbocycles. The van der Waals surface area contributed by atoms with E-state index in [1.165, 1.54) is 0 Å². The molecule has 1 saturated carbocycles. The average molecular weight is 276 g/mol. The molecule has 0 radical (unpaired) electrons. The van der Waals surface area contributed by atoms with Crippen LogP contribution >= 0.6 is 22.6 Å². The molecule has 0 aliphatic heterocycles. The molecule has 0 aromatic rings. The van der Waals surface area contributed by atoms with Crippen molar-refractivity contribution in [1.29, 1.82) is 0 Å². The van der Waals surface area contributed by atoms with Gasteiger partial charge in [-0.2, -0.15) is 8.42 Å². The lowest BCUT2D eigenvalue weighted by Gasteiger charge is -1.99. The normalized spacial score (nSPS) is 19.3. The van der Waals surface area contributed by atoms with Crippen molar-refractivity contribution in [2.45, 2.75) is 18.9 Å². The number of alkyl halides is 1. The Labute approximate surface area is 74.4 Å². The maximum atomic E-state index is 10.9. The highest BCUT2D eigenvalue weighted by Gasteiger charge is 2.28. The van der Waals surface area contributed by atoms with Gasteiger partial charge in [-0.15, -0.1) is 0 Å². The van der Waals surface area contributed by atoms with Crippen LogP contribution in [-0.4, -0.2) is 24.7 Å². The Kier molecular flexibility index (Phi) is 2.93. The van der Waals surface area contributed by atoms with Gasteiger partial charge in [0, 0.05) is 4.43 Å². The van der Waals surface area contributed by atoms with E-state index in [9.17, 15) is 8.42 Å². The SMILES string of the molecule is O=S(=O)(CCI)OC1CC1. The average Bonchev–Trinajstić information content (AvgIpc) is 2.48. The van der Waals surface area contributed by atoms with Crippen molar-refractivity contribution >= 4 is 32.7 Å². The number of hydrogen-bond donors (Lipinski definition) is 0. The third kappa shape index (κ3) is 3.16. The van der Waals surface area contributed by atoms with Crippen molar-refractivity contribution in [2.24, 2.45) is 0 Å². The number of halogens is 1. The number of hydrogen-bond acceptors (Lipinski definition) is 3. The first-order valence-corrected chi connectivity index (χ1v) is 6.21. The van der Waals surface area contributed by atoms with Crippen molar-refractivity contribution in [3.05, 3.63) is 0 Å². The summed E-state index contributed by atoms with van der Waals surface area (Å²) in [5.41, 5.74) is 0. The van der Waals surface area contributed by atoms with E-state index in [-0.39, 0.29) is 11.9 Å². The van der Waals surface area contributed by atoms with Gasteiger partial charge in [-0.05, 0) is 12.8 Å². The molecule has 0 heterocycles. The topological polar surface area (TPSA) is 43.4 Å². The Bertz CT molecular complexity index is 195. The predicted molar refractivity (Wildman–Crippen MR) is 46.8 cm³/mol. The molecule has 0 N–H and O–H groups in total. The van der Waals surface area contributed by atoms with Gasteiger partial charge in [0.1, 0.15) is 0 Å². The Morgan fingerprint density at radius 2 is 2.10 bits per heavy atom. The third-order valence-corrected chi connectivity index (χ3v) is 3.68. The Hall–Kier alpha value is 0.640. The molecule has 60 valence electrons. The first kappa shape index (κ1) is 8.73. The van der Waals surface area contributed by atoms with E-state index in [4.69, 9.17) is 4.18 Å². The summed E-state index contributed by atoms with van der Waals surface area (Å²) in [6.07, 6.45) is 1.81. The van der Waals surface area contributed by atoms with Crippen LogP contribution in [0.4, 0.5) is 0 Å². The van der Waals surface area contributed by atoms with Crippen molar-refractivity contribution < 1.29 is 12.6 Å². The van der Waals surface area contributed by atoms with Crippen LogP contribution < -0.4 is 0 Å². The highest BCUT2D eigenvalue weighted by molar-refractivity contribution is 14.1. The zero-order valence-corrected chi connectivity index (χ0v) is 8.39. The largest absolute Gasteiger partial charge is 0.268 e. The molecular formula is C5H9IO3S. The van der Waals surface area contributed by atoms with Gasteiger partial charge in [0.15, 0.2) is 0 Å². The summed E-state index contributed by atoms with van der Waals surface area (Å²) in [4.78, 5) is 0. The lowest BCUT2D eigenvalue weighted by Crippen LogP contribution is -2.12. The van der Waals surface area contributed by atoms with Gasteiger partial charge in [0.05, 0.1) is 11.9 Å². The predicted octanol–water partition coefficient (Wildman–Crippen LogP) is 0.930. The molecule has 0 saturated heterocycles. The molecule has 1 rings (SSSR count). The smallest absolute Gasteiger partial charge is 0.267 e. The zero-order valence-electron chi connectivity index (χ0n) is 5.42. The minimum absolute atomic E-state index is 0.00736. The molecule has 1 aliphatic rings. The molecule has 0 aromatic carbocycles. The monoisotopic (exact) mass is 276 g/mol. The molecule has 0 bridgehead atoms. The van der Waals surface area contributed by atoms with Crippen LogP contribution in [0, 0.1) is 0 Å². The van der Waals surface area contributed by atoms with Crippen molar-refractivity contribution in [3.8, 4) is 0 Å². The second kappa shape index (κ2) is 3.36. The van der Waals surface area contributed by atoms with E-state index in [2.05, 4.69) is 0 Å². The molecule has 0 spiro atoms. The van der Waals surface area contributed by atoms with Crippen molar-refractivity contribution in [3.63, 3.8) is 0 Å². The van der Waals surface area contributed by atoms with Gasteiger partial charge in [0.25, 0.3) is 10.1 Å². The van der Waals surface area contributed by atoms with Crippen LogP contribution in [0.3, 0.4) is 0 Å². The summed E-state index contributed by atoms with van der Waals surface area (Å²) in [5, 5.41) is 0. The molecule has 0 aromatic heterocycles. The van der Waals surface area contributed by atoms with Crippen LogP contribution in [0.5, 0.6) is 0 Å². The van der Waals surface area contributed by atoms with E-state index in [0.29, 0.717) is 4.43 Å². The Balaban J connectivity index is 2.34. The highest BCUT2D eigenvalue weighted by Crippen LogP contribution is 2.25. The van der Waals surface area contributed by atoms with E-state index in [0.717, 1.165) is 12.8 Å². The molecule has 0 atom stereocenters. The van der Waals surface area contributed by atoms with Crippen LogP contribution in [-0.2, 0) is 14.3 Å². The lowest BCUT2D eigenvalue weighted by molar-refractivity contribution is 0.306. The van der Waals surface area contributed by atoms with Gasteiger partial charge in [-0.25, -0.2) is 0 Å². The minimum Gasteiger partial charge on any atom is -0.267 e. The summed E-state index contributed by atoms with van der Waals surface area (Å²) < 4.78 is 27.1. The van der Waals surface area contributed by atoms with E-state index >= 15 is 0 Å². The fourth-order valence-corrected chi connectivity index (χ4v) is 3.02. The van der Waals surface area contributed by atoms with Crippen molar-refractivity contribution in [1.82, 2.24) is 0 Å². The molecule has 0 unspecified atom stereocenters. The first-order chi connectivity index (χ1) is 4.64. The molecular weight excluding hydrogens is 267 g/mol. The third-order valence-electron chi connectivity index (χ3n) is 1.13. The minimum atomic E-state index is -3.18. The maximum absolute atomic E-state index is 10.9. The zero-order chi connectivity index (χ0) is 7.61. The second-order valence-electron chi connectivity index (χ2n) is 2.25. The summed E-state index contributed by atoms with van der Waals surface area (Å²) >= 11 is 2.02. The van der Waals surface area contributed by atoms with Crippen molar-refractivity contribution in [2.75, 3.05) is 10.2 Å². The fourth-order valence-electron chi connectivity index (χ4n) is 0.514. The molecule has 10 heavy (non-hydrogen) atoms.